The minimum atomic E-state index is -5.44. The van der Waals surface area contributed by atoms with Gasteiger partial charge in [-0.05, 0) is 6.42 Å². The molecule has 0 fully saturated rings. The van der Waals surface area contributed by atoms with Crippen LogP contribution in [0.2, 0.25) is 0 Å². The second-order valence-corrected chi connectivity index (χ2v) is 5.75. The Hall–Kier alpha value is 0.256. The number of carbonyl (C=O) groups is 1. The quantitative estimate of drug-likeness (QED) is 0.433. The molecule has 0 atom stereocenters. The van der Waals surface area contributed by atoms with E-state index in [1.54, 1.807) is 0 Å². The third-order valence-corrected chi connectivity index (χ3v) is 4.27. The van der Waals surface area contributed by atoms with Gasteiger partial charge in [-0.1, -0.05) is 6.92 Å². The Bertz CT molecular complexity index is 377. The van der Waals surface area contributed by atoms with E-state index in [-0.39, 0.29) is 29.5 Å². The van der Waals surface area contributed by atoms with Crippen molar-refractivity contribution in [2.24, 2.45) is 0 Å². The molecule has 0 aliphatic heterocycles. The van der Waals surface area contributed by atoms with Crippen molar-refractivity contribution in [3.8, 4) is 0 Å². The molecule has 0 aliphatic rings. The van der Waals surface area contributed by atoms with E-state index < -0.39 is 37.0 Å². The summed E-state index contributed by atoms with van der Waals surface area (Å²) in [6.07, 6.45) is -0.284. The monoisotopic (exact) mass is 268 g/mol. The first-order valence-corrected chi connectivity index (χ1v) is 6.47. The maximum atomic E-state index is 10.9. The molecule has 0 N–H and O–H groups in total. The fraction of sp³-hybridized carbons (Fsp3) is 0.800. The second-order valence-electron chi connectivity index (χ2n) is 2.53. The van der Waals surface area contributed by atoms with Crippen LogP contribution in [0.5, 0.6) is 0 Å². The topological polar surface area (TPSA) is 131 Å². The van der Waals surface area contributed by atoms with E-state index >= 15 is 0 Å². The predicted molar refractivity (Wildman–Crippen MR) is 48.9 cm³/mol. The number of carbonyl (C=O) groups excluding carboxylic acids is 1. The van der Waals surface area contributed by atoms with Crippen molar-refractivity contribution in [3.63, 3.8) is 0 Å². The van der Waals surface area contributed by atoms with E-state index in [2.05, 4.69) is 0 Å². The van der Waals surface area contributed by atoms with Crippen molar-refractivity contribution in [3.05, 3.63) is 0 Å². The standard InChI is InChI=1S/C5H10O7S2.Mg/c1-2-3-4(6)5(13(7,8)9)14(10,11)12;/h5H,2-3H2,1H3,(H,7,8,9)(H,10,11,12);/q;+2/p-2. The summed E-state index contributed by atoms with van der Waals surface area (Å²) < 4.78 is 59.0. The van der Waals surface area contributed by atoms with E-state index in [4.69, 9.17) is 0 Å². The van der Waals surface area contributed by atoms with Crippen LogP contribution in [0, 0.1) is 0 Å². The van der Waals surface area contributed by atoms with Crippen LogP contribution in [0.25, 0.3) is 0 Å². The van der Waals surface area contributed by atoms with Gasteiger partial charge in [-0.2, -0.15) is 0 Å². The average molecular weight is 269 g/mol. The van der Waals surface area contributed by atoms with Crippen LogP contribution in [-0.2, 0) is 25.0 Å². The van der Waals surface area contributed by atoms with Crippen LogP contribution in [0.1, 0.15) is 19.8 Å². The first kappa shape index (κ1) is 17.6. The molecular formula is C5H8MgO7S2. The van der Waals surface area contributed by atoms with Crippen LogP contribution in [0.3, 0.4) is 0 Å². The predicted octanol–water partition coefficient (Wildman–Crippen LogP) is -1.61. The Morgan fingerprint density at radius 1 is 1.13 bits per heavy atom. The van der Waals surface area contributed by atoms with Gasteiger partial charge in [0.1, 0.15) is 20.2 Å². The van der Waals surface area contributed by atoms with Gasteiger partial charge in [0.2, 0.25) is 0 Å². The molecule has 0 unspecified atom stereocenters. The van der Waals surface area contributed by atoms with E-state index in [0.717, 1.165) is 0 Å². The molecule has 0 radical (unpaired) electrons. The van der Waals surface area contributed by atoms with Gasteiger partial charge < -0.3 is 9.11 Å². The molecule has 10 heteroatoms. The maximum absolute atomic E-state index is 10.9. The average Bonchev–Trinajstić information content (AvgIpc) is 1.78. The molecule has 15 heavy (non-hydrogen) atoms. The van der Waals surface area contributed by atoms with Crippen molar-refractivity contribution < 1.29 is 30.7 Å². The molecule has 7 nitrogen and oxygen atoms in total. The summed E-state index contributed by atoms with van der Waals surface area (Å²) in [7, 11) is -10.9. The first-order chi connectivity index (χ1) is 6.10. The summed E-state index contributed by atoms with van der Waals surface area (Å²) >= 11 is 0. The smallest absolute Gasteiger partial charge is 0.747 e. The summed E-state index contributed by atoms with van der Waals surface area (Å²) in [6.45, 7) is 1.48. The number of Topliss-reactive ketones (excluding diaryl/α,β-unsaturated/α-hetero) is 1. The molecule has 0 spiro atoms. The number of hydrogen-bond donors (Lipinski definition) is 0. The summed E-state index contributed by atoms with van der Waals surface area (Å²) in [5, 5.41) is 0. The van der Waals surface area contributed by atoms with Crippen LogP contribution in [0.15, 0.2) is 0 Å². The van der Waals surface area contributed by atoms with Crippen LogP contribution in [0.4, 0.5) is 0 Å². The molecular weight excluding hydrogens is 260 g/mol. The van der Waals surface area contributed by atoms with Crippen molar-refractivity contribution in [2.75, 3.05) is 0 Å². The number of ketones is 1. The Balaban J connectivity index is 0. The molecule has 0 heterocycles. The number of hydrogen-bond acceptors (Lipinski definition) is 7. The van der Waals surface area contributed by atoms with Gasteiger partial charge in [-0.15, -0.1) is 0 Å². The van der Waals surface area contributed by atoms with Gasteiger partial charge in [-0.25, -0.2) is 16.8 Å². The Kier molecular flexibility index (Phi) is 7.18. The van der Waals surface area contributed by atoms with Crippen molar-refractivity contribution in [1.82, 2.24) is 0 Å². The zero-order chi connectivity index (χ0) is 11.6. The Morgan fingerprint density at radius 3 is 1.67 bits per heavy atom. The van der Waals surface area contributed by atoms with Gasteiger partial charge >= 0.3 is 23.1 Å². The summed E-state index contributed by atoms with van der Waals surface area (Å²) in [5.41, 5.74) is 0. The molecule has 0 amide bonds. The Labute approximate surface area is 104 Å². The van der Waals surface area contributed by atoms with Crippen molar-refractivity contribution >= 4 is 49.1 Å². The molecule has 0 bridgehead atoms. The van der Waals surface area contributed by atoms with Gasteiger partial charge in [0.05, 0.1) is 0 Å². The molecule has 0 aromatic carbocycles. The van der Waals surface area contributed by atoms with E-state index in [1.165, 1.54) is 6.92 Å². The summed E-state index contributed by atoms with van der Waals surface area (Å²) in [4.78, 5) is 10.9. The molecule has 0 aliphatic carbocycles. The molecule has 84 valence electrons. The fourth-order valence-electron chi connectivity index (χ4n) is 0.831. The summed E-state index contributed by atoms with van der Waals surface area (Å²) in [5.74, 6) is -1.38. The SMILES string of the molecule is CCCC(=O)C(S(=O)(=O)[O-])S(=O)(=O)[O-].[Mg+2]. The van der Waals surface area contributed by atoms with Gasteiger partial charge in [-0.3, -0.25) is 4.79 Å². The third-order valence-electron chi connectivity index (χ3n) is 1.28. The third kappa shape index (κ3) is 5.78. The normalized spacial score (nSPS) is 12.3. The molecule has 0 saturated carbocycles. The van der Waals surface area contributed by atoms with Crippen LogP contribution >= 0.6 is 0 Å². The molecule has 0 aromatic heterocycles. The first-order valence-electron chi connectivity index (χ1n) is 3.52. The molecule has 0 aromatic rings. The summed E-state index contributed by atoms with van der Waals surface area (Å²) in [6, 6.07) is 0. The van der Waals surface area contributed by atoms with Crippen LogP contribution < -0.4 is 0 Å². The van der Waals surface area contributed by atoms with Crippen molar-refractivity contribution in [2.45, 2.75) is 24.3 Å². The molecule has 0 rings (SSSR count). The van der Waals surface area contributed by atoms with Gasteiger partial charge in [0, 0.05) is 6.42 Å². The van der Waals surface area contributed by atoms with E-state index in [1.807, 2.05) is 0 Å². The minimum Gasteiger partial charge on any atom is -0.747 e. The zero-order valence-electron chi connectivity index (χ0n) is 7.87. The number of rotatable bonds is 5. The maximum Gasteiger partial charge on any atom is 2.00 e. The second kappa shape index (κ2) is 6.11. The molecule has 0 saturated heterocycles. The zero-order valence-corrected chi connectivity index (χ0v) is 10.9. The van der Waals surface area contributed by atoms with E-state index in [9.17, 15) is 30.7 Å². The minimum absolute atomic E-state index is 0. The largest absolute Gasteiger partial charge is 2.00 e. The van der Waals surface area contributed by atoms with Crippen LogP contribution in [-0.4, -0.2) is 59.4 Å². The van der Waals surface area contributed by atoms with Crippen molar-refractivity contribution in [1.29, 1.82) is 0 Å². The van der Waals surface area contributed by atoms with Gasteiger partial charge in [0.15, 0.2) is 10.4 Å². The Morgan fingerprint density at radius 2 is 1.47 bits per heavy atom. The van der Waals surface area contributed by atoms with E-state index in [0.29, 0.717) is 0 Å². The fourth-order valence-corrected chi connectivity index (χ4v) is 2.86. The van der Waals surface area contributed by atoms with Gasteiger partial charge in [0.25, 0.3) is 0 Å².